The lowest BCUT2D eigenvalue weighted by molar-refractivity contribution is -0.139. The first kappa shape index (κ1) is 13.9. The predicted octanol–water partition coefficient (Wildman–Crippen LogP) is 2.31. The number of nitrogens with zero attached hydrogens (tertiary/aromatic N) is 3. The van der Waals surface area contributed by atoms with Crippen molar-refractivity contribution in [2.75, 3.05) is 19.6 Å². The quantitative estimate of drug-likeness (QED) is 0.930. The molecule has 1 aromatic heterocycles. The Hall–Kier alpha value is -1.07. The van der Waals surface area contributed by atoms with Crippen molar-refractivity contribution in [3.05, 3.63) is 16.7 Å². The summed E-state index contributed by atoms with van der Waals surface area (Å²) in [5.41, 5.74) is 0.718. The number of halogens is 1. The van der Waals surface area contributed by atoms with Gasteiger partial charge >= 0.3 is 5.97 Å². The van der Waals surface area contributed by atoms with Crippen LogP contribution in [0, 0.1) is 0 Å². The Morgan fingerprint density at radius 1 is 1.45 bits per heavy atom. The molecular weight excluding hydrogens is 278 g/mol. The smallest absolute Gasteiger partial charge is 0.312 e. The highest BCUT2D eigenvalue weighted by Crippen LogP contribution is 2.37. The fraction of sp³-hybridized carbons (Fsp3) is 0.714. The number of aliphatic carboxylic acids is 1. The van der Waals surface area contributed by atoms with E-state index in [2.05, 4.69) is 21.4 Å². The van der Waals surface area contributed by atoms with Crippen molar-refractivity contribution in [2.45, 2.75) is 44.6 Å². The molecule has 0 spiro atoms. The van der Waals surface area contributed by atoms with E-state index in [9.17, 15) is 9.90 Å². The number of aromatic nitrogens is 2. The first-order chi connectivity index (χ1) is 9.61. The zero-order chi connectivity index (χ0) is 14.3. The molecule has 1 N–H and O–H groups in total. The normalized spacial score (nSPS) is 26.7. The Balaban J connectivity index is 1.95. The fourth-order valence-corrected chi connectivity index (χ4v) is 3.81. The van der Waals surface area contributed by atoms with Crippen molar-refractivity contribution in [3.63, 3.8) is 0 Å². The van der Waals surface area contributed by atoms with Gasteiger partial charge in [0, 0.05) is 19.0 Å². The van der Waals surface area contributed by atoms with Crippen LogP contribution in [-0.2, 0) is 11.3 Å². The maximum atomic E-state index is 11.4. The maximum absolute atomic E-state index is 11.4. The Morgan fingerprint density at radius 3 is 2.90 bits per heavy atom. The number of imidazole rings is 1. The molecule has 0 aromatic carbocycles. The largest absolute Gasteiger partial charge is 0.481 e. The van der Waals surface area contributed by atoms with Crippen LogP contribution in [0.15, 0.2) is 0 Å². The lowest BCUT2D eigenvalue weighted by atomic mass is 9.96. The van der Waals surface area contributed by atoms with Crippen LogP contribution in [0.3, 0.4) is 0 Å². The SMILES string of the molecule is CCN1CCC(c2nc(Cl)c3n2CCCC3C(=O)O)C1. The molecule has 2 aliphatic heterocycles. The van der Waals surface area contributed by atoms with Crippen LogP contribution in [0.1, 0.15) is 49.5 Å². The highest BCUT2D eigenvalue weighted by Gasteiger charge is 2.35. The van der Waals surface area contributed by atoms with Crippen molar-refractivity contribution in [1.29, 1.82) is 0 Å². The van der Waals surface area contributed by atoms with Gasteiger partial charge in [0.2, 0.25) is 0 Å². The zero-order valence-electron chi connectivity index (χ0n) is 11.7. The molecule has 1 saturated heterocycles. The van der Waals surface area contributed by atoms with Crippen molar-refractivity contribution < 1.29 is 9.90 Å². The summed E-state index contributed by atoms with van der Waals surface area (Å²) in [5.74, 6) is 0.0859. The molecule has 0 aliphatic carbocycles. The van der Waals surface area contributed by atoms with Crippen molar-refractivity contribution in [3.8, 4) is 0 Å². The molecule has 2 unspecified atom stereocenters. The van der Waals surface area contributed by atoms with E-state index >= 15 is 0 Å². The molecule has 0 bridgehead atoms. The fourth-order valence-electron chi connectivity index (χ4n) is 3.49. The monoisotopic (exact) mass is 297 g/mol. The molecule has 6 heteroatoms. The standard InChI is InChI=1S/C14H20ClN3O2/c1-2-17-7-5-9(8-17)13-16-12(15)11-10(14(19)20)4-3-6-18(11)13/h9-10H,2-8H2,1H3,(H,19,20). The number of likely N-dealkylation sites (N-methyl/N-ethyl adjacent to an activating group) is 1. The summed E-state index contributed by atoms with van der Waals surface area (Å²) in [7, 11) is 0. The van der Waals surface area contributed by atoms with Crippen LogP contribution in [0.25, 0.3) is 0 Å². The Bertz CT molecular complexity index is 529. The lowest BCUT2D eigenvalue weighted by Crippen LogP contribution is -2.24. The second-order valence-electron chi connectivity index (χ2n) is 5.71. The van der Waals surface area contributed by atoms with E-state index in [0.717, 1.165) is 50.5 Å². The van der Waals surface area contributed by atoms with Crippen molar-refractivity contribution in [2.24, 2.45) is 0 Å². The van der Waals surface area contributed by atoms with Gasteiger partial charge in [0.15, 0.2) is 5.15 Å². The molecule has 20 heavy (non-hydrogen) atoms. The maximum Gasteiger partial charge on any atom is 0.312 e. The van der Waals surface area contributed by atoms with Gasteiger partial charge in [-0.25, -0.2) is 4.98 Å². The van der Waals surface area contributed by atoms with Gasteiger partial charge in [0.25, 0.3) is 0 Å². The number of carbonyl (C=O) groups is 1. The highest BCUT2D eigenvalue weighted by molar-refractivity contribution is 6.30. The third kappa shape index (κ3) is 2.23. The molecule has 1 fully saturated rings. The first-order valence-corrected chi connectivity index (χ1v) is 7.70. The van der Waals surface area contributed by atoms with Crippen LogP contribution in [-0.4, -0.2) is 45.2 Å². The second kappa shape index (κ2) is 5.37. The molecule has 3 rings (SSSR count). The molecule has 1 aromatic rings. The highest BCUT2D eigenvalue weighted by atomic mass is 35.5. The number of hydrogen-bond acceptors (Lipinski definition) is 3. The van der Waals surface area contributed by atoms with Gasteiger partial charge in [-0.2, -0.15) is 0 Å². The molecule has 2 atom stereocenters. The Kier molecular flexibility index (Phi) is 3.73. The van der Waals surface area contributed by atoms with Gasteiger partial charge in [0.1, 0.15) is 11.7 Å². The lowest BCUT2D eigenvalue weighted by Gasteiger charge is -2.24. The summed E-state index contributed by atoms with van der Waals surface area (Å²) in [6.07, 6.45) is 2.62. The van der Waals surface area contributed by atoms with Crippen molar-refractivity contribution >= 4 is 17.6 Å². The van der Waals surface area contributed by atoms with Gasteiger partial charge in [-0.1, -0.05) is 18.5 Å². The number of fused-ring (bicyclic) bond motifs is 1. The van der Waals surface area contributed by atoms with Crippen LogP contribution in [0.2, 0.25) is 5.15 Å². The number of carboxylic acids is 1. The van der Waals surface area contributed by atoms with Crippen molar-refractivity contribution in [1.82, 2.24) is 14.5 Å². The molecule has 5 nitrogen and oxygen atoms in total. The number of carboxylic acid groups (broad SMARTS) is 1. The minimum absolute atomic E-state index is 0.383. The molecule has 3 heterocycles. The third-order valence-electron chi connectivity index (χ3n) is 4.58. The summed E-state index contributed by atoms with van der Waals surface area (Å²) in [6, 6.07) is 0. The van der Waals surface area contributed by atoms with Crippen LogP contribution in [0.4, 0.5) is 0 Å². The van der Waals surface area contributed by atoms with E-state index in [1.54, 1.807) is 0 Å². The van der Waals surface area contributed by atoms with Crippen LogP contribution < -0.4 is 0 Å². The van der Waals surface area contributed by atoms with E-state index in [-0.39, 0.29) is 0 Å². The van der Waals surface area contributed by atoms with E-state index in [4.69, 9.17) is 11.6 Å². The predicted molar refractivity (Wildman–Crippen MR) is 76.3 cm³/mol. The average molecular weight is 298 g/mol. The van der Waals surface area contributed by atoms with Gasteiger partial charge in [-0.05, 0) is 32.4 Å². The minimum Gasteiger partial charge on any atom is -0.481 e. The summed E-state index contributed by atoms with van der Waals surface area (Å²) in [5, 5.41) is 9.75. The number of hydrogen-bond donors (Lipinski definition) is 1. The van der Waals surface area contributed by atoms with E-state index in [0.29, 0.717) is 17.5 Å². The molecule has 0 amide bonds. The van der Waals surface area contributed by atoms with Crippen LogP contribution >= 0.6 is 11.6 Å². The molecular formula is C14H20ClN3O2. The molecule has 110 valence electrons. The van der Waals surface area contributed by atoms with E-state index in [1.165, 1.54) is 0 Å². The van der Waals surface area contributed by atoms with Gasteiger partial charge < -0.3 is 14.6 Å². The number of likely N-dealkylation sites (tertiary alicyclic amines) is 1. The summed E-state index contributed by atoms with van der Waals surface area (Å²) in [4.78, 5) is 18.3. The van der Waals surface area contributed by atoms with Gasteiger partial charge in [-0.3, -0.25) is 4.79 Å². The Labute approximate surface area is 123 Å². The molecule has 0 saturated carbocycles. The van der Waals surface area contributed by atoms with Crippen LogP contribution in [0.5, 0.6) is 0 Å². The first-order valence-electron chi connectivity index (χ1n) is 7.32. The van der Waals surface area contributed by atoms with Gasteiger partial charge in [-0.15, -0.1) is 0 Å². The van der Waals surface area contributed by atoms with E-state index in [1.807, 2.05) is 0 Å². The molecule has 2 aliphatic rings. The topological polar surface area (TPSA) is 58.4 Å². The Morgan fingerprint density at radius 2 is 2.25 bits per heavy atom. The van der Waals surface area contributed by atoms with Gasteiger partial charge in [0.05, 0.1) is 5.69 Å². The van der Waals surface area contributed by atoms with E-state index < -0.39 is 11.9 Å². The average Bonchev–Trinajstić information content (AvgIpc) is 3.03. The summed E-state index contributed by atoms with van der Waals surface area (Å²) in [6.45, 7) is 6.15. The summed E-state index contributed by atoms with van der Waals surface area (Å²) >= 11 is 6.24. The summed E-state index contributed by atoms with van der Waals surface area (Å²) < 4.78 is 2.08. The third-order valence-corrected chi connectivity index (χ3v) is 4.86. The second-order valence-corrected chi connectivity index (χ2v) is 6.07. The minimum atomic E-state index is -0.791. The molecule has 0 radical (unpaired) electrons. The zero-order valence-corrected chi connectivity index (χ0v) is 12.4. The number of rotatable bonds is 3.